The van der Waals surface area contributed by atoms with Crippen LogP contribution in [0.1, 0.15) is 12.2 Å². The van der Waals surface area contributed by atoms with Gasteiger partial charge >= 0.3 is 0 Å². The van der Waals surface area contributed by atoms with Gasteiger partial charge < -0.3 is 14.8 Å². The first-order valence-electron chi connectivity index (χ1n) is 9.60. The minimum atomic E-state index is -3.26. The van der Waals surface area contributed by atoms with E-state index in [0.717, 1.165) is 17.6 Å². The summed E-state index contributed by atoms with van der Waals surface area (Å²) in [5.74, 6) is 0.188. The van der Waals surface area contributed by atoms with Gasteiger partial charge in [-0.2, -0.15) is 0 Å². The van der Waals surface area contributed by atoms with E-state index in [-0.39, 0.29) is 24.2 Å². The topological polar surface area (TPSA) is 84.3 Å². The van der Waals surface area contributed by atoms with Gasteiger partial charge in [0.15, 0.2) is 9.84 Å². The van der Waals surface area contributed by atoms with Crippen LogP contribution in [0.25, 0.3) is 11.0 Å². The van der Waals surface area contributed by atoms with E-state index in [1.165, 1.54) is 6.26 Å². The lowest BCUT2D eigenvalue weighted by atomic mass is 10.2. The predicted molar refractivity (Wildman–Crippen MR) is 113 cm³/mol. The van der Waals surface area contributed by atoms with Gasteiger partial charge in [0.25, 0.3) is 0 Å². The molecule has 0 aliphatic carbocycles. The van der Waals surface area contributed by atoms with Gasteiger partial charge in [0.2, 0.25) is 5.91 Å². The summed E-state index contributed by atoms with van der Waals surface area (Å²) in [7, 11) is -3.26. The summed E-state index contributed by atoms with van der Waals surface area (Å²) < 4.78 is 25.4. The van der Waals surface area contributed by atoms with Gasteiger partial charge in [0, 0.05) is 31.1 Å². The number of amides is 1. The number of likely N-dealkylation sites (tertiary alicyclic amines) is 1. The molecule has 0 radical (unpaired) electrons. The second-order valence-electron chi connectivity index (χ2n) is 7.51. The molecule has 1 unspecified atom stereocenters. The van der Waals surface area contributed by atoms with Crippen LogP contribution in [-0.2, 0) is 26.9 Å². The zero-order valence-corrected chi connectivity index (χ0v) is 17.1. The predicted octanol–water partition coefficient (Wildman–Crippen LogP) is 2.29. The number of fused-ring (bicyclic) bond motifs is 1. The van der Waals surface area contributed by atoms with E-state index in [9.17, 15) is 13.2 Å². The standard InChI is InChI=1S/C21H24N4O3S/c1-29(27,28)15-20-23-18-9-5-6-10-19(18)25(20)14-21(26)24-12-11-17(13-24)22-16-7-3-2-4-8-16/h2-10,17,22H,11-15H2,1H3. The van der Waals surface area contributed by atoms with Gasteiger partial charge in [0.05, 0.1) is 11.0 Å². The molecule has 0 bridgehead atoms. The highest BCUT2D eigenvalue weighted by molar-refractivity contribution is 7.89. The number of nitrogens with one attached hydrogen (secondary N) is 1. The molecule has 1 fully saturated rings. The minimum Gasteiger partial charge on any atom is -0.380 e. The van der Waals surface area contributed by atoms with Crippen LogP contribution < -0.4 is 5.32 Å². The molecule has 29 heavy (non-hydrogen) atoms. The zero-order valence-electron chi connectivity index (χ0n) is 16.3. The van der Waals surface area contributed by atoms with Crippen molar-refractivity contribution >= 4 is 32.5 Å². The number of aromatic nitrogens is 2. The fraction of sp³-hybridized carbons (Fsp3) is 0.333. The average molecular weight is 413 g/mol. The molecule has 152 valence electrons. The molecule has 1 N–H and O–H groups in total. The lowest BCUT2D eigenvalue weighted by Gasteiger charge is -2.19. The lowest BCUT2D eigenvalue weighted by Crippen LogP contribution is -2.34. The van der Waals surface area contributed by atoms with Crippen molar-refractivity contribution in [2.45, 2.75) is 24.8 Å². The summed E-state index contributed by atoms with van der Waals surface area (Å²) in [6.07, 6.45) is 2.06. The number of hydrogen-bond acceptors (Lipinski definition) is 5. The highest BCUT2D eigenvalue weighted by atomic mass is 32.2. The molecular weight excluding hydrogens is 388 g/mol. The number of nitrogens with zero attached hydrogens (tertiary/aromatic N) is 3. The second kappa shape index (κ2) is 7.87. The van der Waals surface area contributed by atoms with Crippen molar-refractivity contribution in [2.75, 3.05) is 24.7 Å². The second-order valence-corrected chi connectivity index (χ2v) is 9.65. The van der Waals surface area contributed by atoms with E-state index in [4.69, 9.17) is 0 Å². The van der Waals surface area contributed by atoms with Crippen molar-refractivity contribution in [3.05, 3.63) is 60.4 Å². The molecule has 3 aromatic rings. The molecule has 1 saturated heterocycles. The number of imidazole rings is 1. The first-order chi connectivity index (χ1) is 13.9. The molecule has 2 heterocycles. The molecular formula is C21H24N4O3S. The molecule has 0 spiro atoms. The first-order valence-corrected chi connectivity index (χ1v) is 11.7. The highest BCUT2D eigenvalue weighted by Crippen LogP contribution is 2.20. The van der Waals surface area contributed by atoms with Crippen molar-refractivity contribution < 1.29 is 13.2 Å². The number of benzene rings is 2. The molecule has 1 atom stereocenters. The Labute approximate surface area is 170 Å². The van der Waals surface area contributed by atoms with Crippen LogP contribution in [0.5, 0.6) is 0 Å². The van der Waals surface area contributed by atoms with Gasteiger partial charge in [-0.05, 0) is 30.7 Å². The largest absolute Gasteiger partial charge is 0.380 e. The summed E-state index contributed by atoms with van der Waals surface area (Å²) in [5, 5.41) is 3.46. The van der Waals surface area contributed by atoms with Crippen molar-refractivity contribution in [2.24, 2.45) is 0 Å². The monoisotopic (exact) mass is 412 g/mol. The lowest BCUT2D eigenvalue weighted by molar-refractivity contribution is -0.130. The fourth-order valence-corrected chi connectivity index (χ4v) is 4.45. The van der Waals surface area contributed by atoms with Crippen LogP contribution in [0, 0.1) is 0 Å². The SMILES string of the molecule is CS(=O)(=O)Cc1nc2ccccc2n1CC(=O)N1CCC(Nc2ccccc2)C1. The van der Waals surface area contributed by atoms with Crippen LogP contribution in [0.2, 0.25) is 0 Å². The zero-order chi connectivity index (χ0) is 20.4. The van der Waals surface area contributed by atoms with Crippen LogP contribution in [0.15, 0.2) is 54.6 Å². The molecule has 8 heteroatoms. The van der Waals surface area contributed by atoms with Gasteiger partial charge in [0.1, 0.15) is 18.1 Å². The Morgan fingerprint density at radius 1 is 1.14 bits per heavy atom. The number of carbonyl (C=O) groups excluding carboxylic acids is 1. The third-order valence-corrected chi connectivity index (χ3v) is 5.89. The Balaban J connectivity index is 1.50. The van der Waals surface area contributed by atoms with Crippen LogP contribution in [0.4, 0.5) is 5.69 Å². The summed E-state index contributed by atoms with van der Waals surface area (Å²) in [6.45, 7) is 1.39. The Bertz CT molecular complexity index is 1130. The summed E-state index contributed by atoms with van der Waals surface area (Å²) in [6, 6.07) is 17.6. The number of para-hydroxylation sites is 3. The van der Waals surface area contributed by atoms with E-state index in [1.807, 2.05) is 59.5 Å². The molecule has 1 aliphatic heterocycles. The Kier molecular flexibility index (Phi) is 5.27. The van der Waals surface area contributed by atoms with Gasteiger partial charge in [-0.1, -0.05) is 30.3 Å². The van der Waals surface area contributed by atoms with Gasteiger partial charge in [-0.15, -0.1) is 0 Å². The molecule has 0 saturated carbocycles. The van der Waals surface area contributed by atoms with E-state index >= 15 is 0 Å². The fourth-order valence-electron chi connectivity index (χ4n) is 3.76. The number of carbonyl (C=O) groups is 1. The van der Waals surface area contributed by atoms with Crippen molar-refractivity contribution in [3.8, 4) is 0 Å². The smallest absolute Gasteiger partial charge is 0.242 e. The number of anilines is 1. The molecule has 4 rings (SSSR count). The average Bonchev–Trinajstić information content (AvgIpc) is 3.27. The Morgan fingerprint density at radius 2 is 1.86 bits per heavy atom. The first kappa shape index (κ1) is 19.4. The third kappa shape index (κ3) is 4.59. The summed E-state index contributed by atoms with van der Waals surface area (Å²) >= 11 is 0. The summed E-state index contributed by atoms with van der Waals surface area (Å²) in [4.78, 5) is 19.3. The molecule has 7 nitrogen and oxygen atoms in total. The van der Waals surface area contributed by atoms with Crippen molar-refractivity contribution in [3.63, 3.8) is 0 Å². The Hall–Kier alpha value is -2.87. The normalized spacial score (nSPS) is 17.0. The van der Waals surface area contributed by atoms with Crippen LogP contribution in [-0.4, -0.2) is 54.2 Å². The molecule has 1 aliphatic rings. The maximum absolute atomic E-state index is 13.0. The quantitative estimate of drug-likeness (QED) is 0.672. The van der Waals surface area contributed by atoms with Gasteiger partial charge in [-0.25, -0.2) is 13.4 Å². The van der Waals surface area contributed by atoms with Crippen molar-refractivity contribution in [1.82, 2.24) is 14.5 Å². The van der Waals surface area contributed by atoms with E-state index in [2.05, 4.69) is 10.3 Å². The van der Waals surface area contributed by atoms with Crippen LogP contribution >= 0.6 is 0 Å². The highest BCUT2D eigenvalue weighted by Gasteiger charge is 2.27. The van der Waals surface area contributed by atoms with E-state index in [0.29, 0.717) is 24.4 Å². The number of hydrogen-bond donors (Lipinski definition) is 1. The summed E-state index contributed by atoms with van der Waals surface area (Å²) in [5.41, 5.74) is 2.52. The van der Waals surface area contributed by atoms with E-state index in [1.54, 1.807) is 4.57 Å². The molecule has 1 aromatic heterocycles. The molecule has 1 amide bonds. The van der Waals surface area contributed by atoms with E-state index < -0.39 is 9.84 Å². The molecule has 2 aromatic carbocycles. The third-order valence-electron chi connectivity index (χ3n) is 5.10. The maximum atomic E-state index is 13.0. The number of rotatable bonds is 6. The van der Waals surface area contributed by atoms with Crippen LogP contribution in [0.3, 0.4) is 0 Å². The minimum absolute atomic E-state index is 0.0275. The number of sulfone groups is 1. The van der Waals surface area contributed by atoms with Crippen molar-refractivity contribution in [1.29, 1.82) is 0 Å². The van der Waals surface area contributed by atoms with Gasteiger partial charge in [-0.3, -0.25) is 4.79 Å². The maximum Gasteiger partial charge on any atom is 0.242 e. The Morgan fingerprint density at radius 3 is 2.62 bits per heavy atom.